The zero-order chi connectivity index (χ0) is 19.5. The van der Waals surface area contributed by atoms with E-state index in [4.69, 9.17) is 36.8 Å². The minimum atomic E-state index is 0.309. The molecular formula is C18H12Cl2N4O3S. The topological polar surface area (TPSA) is 87.1 Å². The summed E-state index contributed by atoms with van der Waals surface area (Å²) < 4.78 is 16.7. The van der Waals surface area contributed by atoms with Crippen LogP contribution in [0, 0.1) is 0 Å². The van der Waals surface area contributed by atoms with Crippen molar-refractivity contribution in [2.24, 2.45) is 0 Å². The predicted octanol–water partition coefficient (Wildman–Crippen LogP) is 5.39. The standard InChI is InChI=1S/C18H12Cl2N4O3S/c1-25-14-7-6-10(19)8-12(14)17-23-24-18(27-17)28-9-15-21-22-16(26-15)11-4-2-3-5-13(11)20/h2-8H,9H2,1H3. The van der Waals surface area contributed by atoms with Crippen LogP contribution in [0.4, 0.5) is 0 Å². The number of halogens is 2. The number of rotatable bonds is 6. The molecule has 0 N–H and O–H groups in total. The molecule has 0 fully saturated rings. The highest BCUT2D eigenvalue weighted by molar-refractivity contribution is 7.98. The third kappa shape index (κ3) is 3.99. The monoisotopic (exact) mass is 434 g/mol. The molecule has 0 unspecified atom stereocenters. The average Bonchev–Trinajstić information content (AvgIpc) is 3.36. The summed E-state index contributed by atoms with van der Waals surface area (Å²) in [5.41, 5.74) is 1.30. The first-order valence-electron chi connectivity index (χ1n) is 8.01. The van der Waals surface area contributed by atoms with Gasteiger partial charge in [0.15, 0.2) is 0 Å². The second kappa shape index (κ2) is 8.22. The van der Waals surface area contributed by atoms with Gasteiger partial charge >= 0.3 is 0 Å². The van der Waals surface area contributed by atoms with Crippen LogP contribution in [-0.2, 0) is 5.75 Å². The van der Waals surface area contributed by atoms with Crippen LogP contribution in [0.1, 0.15) is 5.89 Å². The minimum Gasteiger partial charge on any atom is -0.496 e. The molecule has 2 aromatic heterocycles. The van der Waals surface area contributed by atoms with Crippen LogP contribution in [-0.4, -0.2) is 27.5 Å². The summed E-state index contributed by atoms with van der Waals surface area (Å²) in [4.78, 5) is 0. The number of aromatic nitrogens is 4. The first kappa shape index (κ1) is 18.8. The van der Waals surface area contributed by atoms with Crippen molar-refractivity contribution in [1.29, 1.82) is 0 Å². The van der Waals surface area contributed by atoms with Gasteiger partial charge in [0.25, 0.3) is 11.1 Å². The summed E-state index contributed by atoms with van der Waals surface area (Å²) in [6.07, 6.45) is 0. The maximum Gasteiger partial charge on any atom is 0.277 e. The average molecular weight is 435 g/mol. The highest BCUT2D eigenvalue weighted by atomic mass is 35.5. The van der Waals surface area contributed by atoms with Crippen molar-refractivity contribution < 1.29 is 13.6 Å². The fourth-order valence-electron chi connectivity index (χ4n) is 2.40. The molecule has 0 bridgehead atoms. The van der Waals surface area contributed by atoms with E-state index in [1.165, 1.54) is 11.8 Å². The predicted molar refractivity (Wildman–Crippen MR) is 106 cm³/mol. The first-order chi connectivity index (χ1) is 13.6. The summed E-state index contributed by atoms with van der Waals surface area (Å²) in [6, 6.07) is 12.4. The Kier molecular flexibility index (Phi) is 5.52. The Balaban J connectivity index is 1.47. The van der Waals surface area contributed by atoms with E-state index in [1.807, 2.05) is 18.2 Å². The van der Waals surface area contributed by atoms with E-state index in [1.54, 1.807) is 31.4 Å². The molecule has 0 saturated carbocycles. The van der Waals surface area contributed by atoms with Crippen molar-refractivity contribution in [2.45, 2.75) is 11.0 Å². The Morgan fingerprint density at radius 3 is 2.54 bits per heavy atom. The lowest BCUT2D eigenvalue weighted by atomic mass is 10.2. The Hall–Kier alpha value is -2.55. The number of benzene rings is 2. The van der Waals surface area contributed by atoms with Crippen LogP contribution >= 0.6 is 35.0 Å². The Morgan fingerprint density at radius 1 is 0.929 bits per heavy atom. The number of ether oxygens (including phenoxy) is 1. The van der Waals surface area contributed by atoms with E-state index in [0.29, 0.717) is 55.6 Å². The van der Waals surface area contributed by atoms with Crippen LogP contribution in [0.2, 0.25) is 10.0 Å². The molecule has 10 heteroatoms. The van der Waals surface area contributed by atoms with E-state index < -0.39 is 0 Å². The van der Waals surface area contributed by atoms with Crippen LogP contribution in [0.15, 0.2) is 56.5 Å². The Morgan fingerprint density at radius 2 is 1.71 bits per heavy atom. The van der Waals surface area contributed by atoms with Crippen LogP contribution < -0.4 is 4.74 Å². The molecular weight excluding hydrogens is 423 g/mol. The second-order valence-electron chi connectivity index (χ2n) is 5.49. The van der Waals surface area contributed by atoms with Crippen molar-refractivity contribution in [3.63, 3.8) is 0 Å². The number of methoxy groups -OCH3 is 1. The normalized spacial score (nSPS) is 11.0. The van der Waals surface area contributed by atoms with Gasteiger partial charge in [-0.25, -0.2) is 0 Å². The molecule has 28 heavy (non-hydrogen) atoms. The van der Waals surface area contributed by atoms with Crippen molar-refractivity contribution in [2.75, 3.05) is 7.11 Å². The molecule has 0 radical (unpaired) electrons. The highest BCUT2D eigenvalue weighted by Crippen LogP contribution is 2.34. The smallest absolute Gasteiger partial charge is 0.277 e. The lowest BCUT2D eigenvalue weighted by Crippen LogP contribution is -1.87. The van der Waals surface area contributed by atoms with Crippen LogP contribution in [0.25, 0.3) is 22.9 Å². The second-order valence-corrected chi connectivity index (χ2v) is 7.26. The minimum absolute atomic E-state index is 0.309. The zero-order valence-electron chi connectivity index (χ0n) is 14.4. The van der Waals surface area contributed by atoms with Gasteiger partial charge in [-0.15, -0.1) is 20.4 Å². The highest BCUT2D eigenvalue weighted by Gasteiger charge is 2.16. The molecule has 0 amide bonds. The van der Waals surface area contributed by atoms with Crippen molar-refractivity contribution in [3.05, 3.63) is 58.4 Å². The molecule has 142 valence electrons. The molecule has 2 aromatic carbocycles. The van der Waals surface area contributed by atoms with Gasteiger partial charge in [0.05, 0.1) is 29.0 Å². The molecule has 0 aliphatic carbocycles. The molecule has 2 heterocycles. The fourth-order valence-corrected chi connectivity index (χ4v) is 3.39. The van der Waals surface area contributed by atoms with Crippen molar-refractivity contribution in [1.82, 2.24) is 20.4 Å². The van der Waals surface area contributed by atoms with Gasteiger partial charge in [-0.2, -0.15) is 0 Å². The lowest BCUT2D eigenvalue weighted by molar-refractivity contribution is 0.411. The van der Waals surface area contributed by atoms with Gasteiger partial charge in [-0.05, 0) is 30.3 Å². The number of hydrogen-bond acceptors (Lipinski definition) is 8. The van der Waals surface area contributed by atoms with Crippen LogP contribution in [0.3, 0.4) is 0 Å². The van der Waals surface area contributed by atoms with Gasteiger partial charge in [0.2, 0.25) is 11.8 Å². The number of hydrogen-bond donors (Lipinski definition) is 0. The summed E-state index contributed by atoms with van der Waals surface area (Å²) in [5.74, 6) is 2.04. The molecule has 0 saturated heterocycles. The van der Waals surface area contributed by atoms with E-state index >= 15 is 0 Å². The molecule has 4 rings (SSSR count). The van der Waals surface area contributed by atoms with E-state index in [0.717, 1.165) is 0 Å². The zero-order valence-corrected chi connectivity index (χ0v) is 16.8. The number of nitrogens with zero attached hydrogens (tertiary/aromatic N) is 4. The maximum atomic E-state index is 6.15. The van der Waals surface area contributed by atoms with Crippen LogP contribution in [0.5, 0.6) is 5.75 Å². The fraction of sp³-hybridized carbons (Fsp3) is 0.111. The molecule has 0 atom stereocenters. The van der Waals surface area contributed by atoms with Gasteiger partial charge in [0.1, 0.15) is 5.75 Å². The van der Waals surface area contributed by atoms with Crippen molar-refractivity contribution >= 4 is 35.0 Å². The Labute approximate surface area is 174 Å². The molecule has 7 nitrogen and oxygen atoms in total. The van der Waals surface area contributed by atoms with Gasteiger partial charge in [0, 0.05) is 5.02 Å². The van der Waals surface area contributed by atoms with E-state index in [9.17, 15) is 0 Å². The lowest BCUT2D eigenvalue weighted by Gasteiger charge is -2.04. The first-order valence-corrected chi connectivity index (χ1v) is 9.75. The molecule has 0 aliphatic rings. The molecule has 4 aromatic rings. The largest absolute Gasteiger partial charge is 0.496 e. The Bertz CT molecular complexity index is 1120. The summed E-state index contributed by atoms with van der Waals surface area (Å²) >= 11 is 13.5. The quantitative estimate of drug-likeness (QED) is 0.373. The SMILES string of the molecule is COc1ccc(Cl)cc1-c1nnc(SCc2nnc(-c3ccccc3Cl)o2)o1. The van der Waals surface area contributed by atoms with Gasteiger partial charge < -0.3 is 13.6 Å². The van der Waals surface area contributed by atoms with E-state index in [-0.39, 0.29) is 0 Å². The third-order valence-electron chi connectivity index (χ3n) is 3.69. The third-order valence-corrected chi connectivity index (χ3v) is 5.06. The number of thioether (sulfide) groups is 1. The maximum absolute atomic E-state index is 6.15. The molecule has 0 aliphatic heterocycles. The van der Waals surface area contributed by atoms with Gasteiger partial charge in [-0.1, -0.05) is 47.1 Å². The summed E-state index contributed by atoms with van der Waals surface area (Å²) in [5, 5.41) is 17.6. The van der Waals surface area contributed by atoms with Gasteiger partial charge in [-0.3, -0.25) is 0 Å². The van der Waals surface area contributed by atoms with Crippen molar-refractivity contribution in [3.8, 4) is 28.7 Å². The summed E-state index contributed by atoms with van der Waals surface area (Å²) in [7, 11) is 1.56. The summed E-state index contributed by atoms with van der Waals surface area (Å²) in [6.45, 7) is 0. The molecule has 0 spiro atoms. The van der Waals surface area contributed by atoms with E-state index in [2.05, 4.69) is 20.4 Å².